The van der Waals surface area contributed by atoms with Gasteiger partial charge in [-0.3, -0.25) is 14.3 Å². The van der Waals surface area contributed by atoms with Crippen LogP contribution in [-0.4, -0.2) is 61.4 Å². The Bertz CT molecular complexity index is 1570. The quantitative estimate of drug-likeness (QED) is 0.256. The number of aromatic nitrogens is 2. The smallest absolute Gasteiger partial charge is 0.330 e. The summed E-state index contributed by atoms with van der Waals surface area (Å²) in [5, 5.41) is 10.5. The van der Waals surface area contributed by atoms with E-state index in [0.29, 0.717) is 17.1 Å². The molecule has 1 aliphatic rings. The molecule has 0 bridgehead atoms. The minimum atomic E-state index is -1.10. The molecule has 1 aliphatic heterocycles. The van der Waals surface area contributed by atoms with E-state index in [1.165, 1.54) is 17.9 Å². The summed E-state index contributed by atoms with van der Waals surface area (Å²) in [6, 6.07) is 25.2. The number of aryl methyl sites for hydroxylation is 1. The van der Waals surface area contributed by atoms with Gasteiger partial charge >= 0.3 is 5.69 Å². The Labute approximate surface area is 249 Å². The number of hydrogen-bond donors (Lipinski definition) is 2. The summed E-state index contributed by atoms with van der Waals surface area (Å²) in [5.74, 6) is 0.869. The van der Waals surface area contributed by atoms with Gasteiger partial charge in [0.15, 0.2) is 6.23 Å². The third-order valence-corrected chi connectivity index (χ3v) is 8.04. The molecule has 2 N–H and O–H groups in total. The Morgan fingerprint density at radius 1 is 0.860 bits per heavy atom. The predicted molar refractivity (Wildman–Crippen MR) is 160 cm³/mol. The van der Waals surface area contributed by atoms with Crippen molar-refractivity contribution >= 4 is 0 Å². The average molecular weight is 589 g/mol. The Balaban J connectivity index is 1.59. The number of H-pyrrole nitrogens is 1. The second kappa shape index (κ2) is 13.0. The number of aromatic amines is 1. The molecule has 4 atom stereocenters. The molecule has 43 heavy (non-hydrogen) atoms. The van der Waals surface area contributed by atoms with Crippen molar-refractivity contribution in [3.63, 3.8) is 0 Å². The van der Waals surface area contributed by atoms with Gasteiger partial charge in [-0.1, -0.05) is 54.6 Å². The Morgan fingerprint density at radius 2 is 1.42 bits per heavy atom. The van der Waals surface area contributed by atoms with Crippen molar-refractivity contribution in [1.82, 2.24) is 9.55 Å². The van der Waals surface area contributed by atoms with Crippen LogP contribution in [0, 0.1) is 12.8 Å². The fourth-order valence-electron chi connectivity index (χ4n) is 5.74. The van der Waals surface area contributed by atoms with E-state index in [2.05, 4.69) is 4.98 Å². The van der Waals surface area contributed by atoms with E-state index >= 15 is 0 Å². The van der Waals surface area contributed by atoms with Crippen LogP contribution in [-0.2, 0) is 19.8 Å². The minimum absolute atomic E-state index is 0.0334. The number of methoxy groups -OCH3 is 3. The lowest BCUT2D eigenvalue weighted by Crippen LogP contribution is -2.39. The summed E-state index contributed by atoms with van der Waals surface area (Å²) in [6.45, 7) is 1.36. The molecule has 0 aliphatic carbocycles. The molecule has 0 amide bonds. The summed E-state index contributed by atoms with van der Waals surface area (Å²) >= 11 is 0. The third kappa shape index (κ3) is 5.74. The number of aliphatic hydroxyl groups is 1. The second-order valence-electron chi connectivity index (χ2n) is 10.4. The maximum absolute atomic E-state index is 12.8. The molecule has 1 fully saturated rings. The first kappa shape index (κ1) is 30.2. The van der Waals surface area contributed by atoms with Crippen LogP contribution in [0.25, 0.3) is 0 Å². The summed E-state index contributed by atoms with van der Waals surface area (Å²) in [7, 11) is 4.73. The zero-order valence-corrected chi connectivity index (χ0v) is 24.6. The molecule has 0 radical (unpaired) electrons. The van der Waals surface area contributed by atoms with Gasteiger partial charge in [0.25, 0.3) is 5.56 Å². The van der Waals surface area contributed by atoms with Gasteiger partial charge in [0.1, 0.15) is 23.2 Å². The molecule has 5 rings (SSSR count). The average Bonchev–Trinajstić information content (AvgIpc) is 3.41. The standard InChI is InChI=1S/C33H36N2O8/c1-21-18-35(32(38)34-30(21)37)31-29(41-4)27(19-36)28(43-31)20-42-33(22-8-6-5-7-9-22,23-10-14-25(39-2)15-11-23)24-12-16-26(40-3)17-13-24/h5-18,27-29,31,36H,19-20H2,1-4H3,(H,34,37,38)/t27-,28?,29-,31?/m1/s1. The van der Waals surface area contributed by atoms with Crippen LogP contribution in [0.4, 0.5) is 0 Å². The first-order valence-electron chi connectivity index (χ1n) is 14.0. The molecule has 10 heteroatoms. The molecule has 1 aromatic heterocycles. The molecule has 0 saturated carbocycles. The van der Waals surface area contributed by atoms with Crippen molar-refractivity contribution < 1.29 is 28.8 Å². The van der Waals surface area contributed by atoms with Crippen molar-refractivity contribution in [2.75, 3.05) is 34.5 Å². The Hall–Kier alpha value is -4.22. The topological polar surface area (TPSA) is 121 Å². The van der Waals surface area contributed by atoms with Crippen LogP contribution < -0.4 is 20.7 Å². The van der Waals surface area contributed by atoms with Gasteiger partial charge < -0.3 is 28.8 Å². The first-order valence-corrected chi connectivity index (χ1v) is 14.0. The van der Waals surface area contributed by atoms with Crippen molar-refractivity contribution in [3.05, 3.63) is 128 Å². The summed E-state index contributed by atoms with van der Waals surface area (Å²) in [4.78, 5) is 27.1. The maximum Gasteiger partial charge on any atom is 0.330 e. The zero-order valence-electron chi connectivity index (χ0n) is 24.6. The van der Waals surface area contributed by atoms with Gasteiger partial charge in [-0.15, -0.1) is 0 Å². The van der Waals surface area contributed by atoms with Gasteiger partial charge in [0.2, 0.25) is 0 Å². The molecule has 2 heterocycles. The van der Waals surface area contributed by atoms with E-state index in [-0.39, 0.29) is 13.2 Å². The number of rotatable bonds is 11. The van der Waals surface area contributed by atoms with Gasteiger partial charge in [0.05, 0.1) is 33.5 Å². The molecule has 226 valence electrons. The number of ether oxygens (including phenoxy) is 5. The SMILES string of the molecule is COc1ccc(C(OCC2OC(n3cc(C)c(=O)[nH]c3=O)[C@H](OC)[C@@H]2CO)(c2ccccc2)c2ccc(OC)cc2)cc1. The summed E-state index contributed by atoms with van der Waals surface area (Å²) < 4.78 is 31.3. The van der Waals surface area contributed by atoms with Crippen molar-refractivity contribution in [1.29, 1.82) is 0 Å². The maximum atomic E-state index is 12.8. The fraction of sp³-hybridized carbons (Fsp3) is 0.333. The first-order chi connectivity index (χ1) is 20.9. The largest absolute Gasteiger partial charge is 0.497 e. The molecule has 0 spiro atoms. The fourth-order valence-corrected chi connectivity index (χ4v) is 5.74. The van der Waals surface area contributed by atoms with E-state index in [4.69, 9.17) is 23.7 Å². The lowest BCUT2D eigenvalue weighted by molar-refractivity contribution is -0.0938. The van der Waals surface area contributed by atoms with E-state index in [0.717, 1.165) is 16.7 Å². The van der Waals surface area contributed by atoms with Crippen molar-refractivity contribution in [2.24, 2.45) is 5.92 Å². The second-order valence-corrected chi connectivity index (χ2v) is 10.4. The van der Waals surface area contributed by atoms with E-state index in [1.54, 1.807) is 21.1 Å². The highest BCUT2D eigenvalue weighted by Crippen LogP contribution is 2.43. The van der Waals surface area contributed by atoms with Crippen LogP contribution >= 0.6 is 0 Å². The highest BCUT2D eigenvalue weighted by molar-refractivity contribution is 5.49. The van der Waals surface area contributed by atoms with E-state index in [9.17, 15) is 14.7 Å². The molecule has 10 nitrogen and oxygen atoms in total. The van der Waals surface area contributed by atoms with E-state index < -0.39 is 41.2 Å². The van der Waals surface area contributed by atoms with Gasteiger partial charge in [0, 0.05) is 24.8 Å². The van der Waals surface area contributed by atoms with Gasteiger partial charge in [-0.25, -0.2) is 4.79 Å². The highest BCUT2D eigenvalue weighted by Gasteiger charge is 2.48. The lowest BCUT2D eigenvalue weighted by atomic mass is 9.80. The number of aliphatic hydroxyl groups excluding tert-OH is 1. The van der Waals surface area contributed by atoms with Gasteiger partial charge in [-0.2, -0.15) is 0 Å². The monoisotopic (exact) mass is 588 g/mol. The molecule has 2 unspecified atom stereocenters. The zero-order chi connectivity index (χ0) is 30.6. The summed E-state index contributed by atoms with van der Waals surface area (Å²) in [5.41, 5.74) is 0.701. The highest BCUT2D eigenvalue weighted by atomic mass is 16.6. The van der Waals surface area contributed by atoms with Gasteiger partial charge in [-0.05, 0) is 47.9 Å². The Morgan fingerprint density at radius 3 is 1.93 bits per heavy atom. The van der Waals surface area contributed by atoms with E-state index in [1.807, 2.05) is 78.9 Å². The van der Waals surface area contributed by atoms with Crippen LogP contribution in [0.3, 0.4) is 0 Å². The predicted octanol–water partition coefficient (Wildman–Crippen LogP) is 3.39. The summed E-state index contributed by atoms with van der Waals surface area (Å²) in [6.07, 6.45) is -0.807. The Kier molecular flexibility index (Phi) is 9.12. The molecular weight excluding hydrogens is 552 g/mol. The van der Waals surface area contributed by atoms with Crippen LogP contribution in [0.15, 0.2) is 94.6 Å². The van der Waals surface area contributed by atoms with Crippen molar-refractivity contribution in [3.8, 4) is 11.5 Å². The third-order valence-electron chi connectivity index (χ3n) is 8.04. The van der Waals surface area contributed by atoms with Crippen LogP contribution in [0.2, 0.25) is 0 Å². The molecule has 4 aromatic rings. The molecular formula is C33H36N2O8. The molecule has 1 saturated heterocycles. The number of nitrogens with one attached hydrogen (secondary N) is 1. The minimum Gasteiger partial charge on any atom is -0.497 e. The number of hydrogen-bond acceptors (Lipinski definition) is 8. The normalized spacial score (nSPS) is 20.2. The number of benzene rings is 3. The molecule has 3 aromatic carbocycles. The van der Waals surface area contributed by atoms with Crippen LogP contribution in [0.5, 0.6) is 11.5 Å². The number of nitrogens with zero attached hydrogens (tertiary/aromatic N) is 1. The lowest BCUT2D eigenvalue weighted by Gasteiger charge is -2.37. The van der Waals surface area contributed by atoms with Crippen LogP contribution in [0.1, 0.15) is 28.5 Å². The van der Waals surface area contributed by atoms with Crippen molar-refractivity contribution in [2.45, 2.75) is 31.0 Å².